The quantitative estimate of drug-likeness (QED) is 0.707. The molecule has 0 aromatic carbocycles. The van der Waals surface area contributed by atoms with Gasteiger partial charge in [0.1, 0.15) is 0 Å². The summed E-state index contributed by atoms with van der Waals surface area (Å²) in [6, 6.07) is -0.134. The van der Waals surface area contributed by atoms with Crippen LogP contribution in [0.5, 0.6) is 0 Å². The molecule has 1 amide bonds. The Bertz CT molecular complexity index is 330. The first-order valence-corrected chi connectivity index (χ1v) is 7.71. The Kier molecular flexibility index (Phi) is 7.40. The van der Waals surface area contributed by atoms with Crippen LogP contribution >= 0.6 is 12.2 Å². The Morgan fingerprint density at radius 2 is 1.95 bits per heavy atom. The van der Waals surface area contributed by atoms with E-state index in [2.05, 4.69) is 18.7 Å². The third kappa shape index (κ3) is 5.73. The van der Waals surface area contributed by atoms with Crippen molar-refractivity contribution in [2.75, 3.05) is 39.4 Å². The van der Waals surface area contributed by atoms with Crippen molar-refractivity contribution in [2.24, 2.45) is 11.7 Å². The van der Waals surface area contributed by atoms with Crippen LogP contribution in [0.3, 0.4) is 0 Å². The summed E-state index contributed by atoms with van der Waals surface area (Å²) >= 11 is 4.94. The maximum absolute atomic E-state index is 12.5. The fourth-order valence-electron chi connectivity index (χ4n) is 2.37. The molecular weight excluding hydrogens is 274 g/mol. The van der Waals surface area contributed by atoms with Crippen molar-refractivity contribution in [3.8, 4) is 0 Å². The molecule has 0 spiro atoms. The van der Waals surface area contributed by atoms with Gasteiger partial charge < -0.3 is 15.4 Å². The third-order valence-corrected chi connectivity index (χ3v) is 3.68. The Balaban J connectivity index is 2.61. The van der Waals surface area contributed by atoms with E-state index in [4.69, 9.17) is 22.7 Å². The van der Waals surface area contributed by atoms with Crippen LogP contribution in [0.15, 0.2) is 0 Å². The number of hydrogen-bond acceptors (Lipinski definition) is 4. The van der Waals surface area contributed by atoms with Crippen LogP contribution in [0, 0.1) is 5.92 Å². The van der Waals surface area contributed by atoms with Crippen molar-refractivity contribution in [3.05, 3.63) is 0 Å². The number of rotatable bonds is 7. The summed E-state index contributed by atoms with van der Waals surface area (Å²) in [4.78, 5) is 17.1. The minimum absolute atomic E-state index is 0.134. The number of nitrogens with two attached hydrogens (primary N) is 1. The van der Waals surface area contributed by atoms with Crippen molar-refractivity contribution >= 4 is 23.1 Å². The zero-order valence-corrected chi connectivity index (χ0v) is 13.6. The lowest BCUT2D eigenvalue weighted by Crippen LogP contribution is -2.51. The molecule has 5 nitrogen and oxygen atoms in total. The number of carbonyl (C=O) groups is 1. The van der Waals surface area contributed by atoms with Gasteiger partial charge in [-0.25, -0.2) is 0 Å². The van der Waals surface area contributed by atoms with E-state index in [1.165, 1.54) is 0 Å². The smallest absolute Gasteiger partial charge is 0.239 e. The van der Waals surface area contributed by atoms with Gasteiger partial charge in [0.25, 0.3) is 0 Å². The molecule has 1 saturated heterocycles. The number of amides is 1. The van der Waals surface area contributed by atoms with Crippen LogP contribution in [0.4, 0.5) is 0 Å². The predicted octanol–water partition coefficient (Wildman–Crippen LogP) is 0.868. The van der Waals surface area contributed by atoms with Crippen molar-refractivity contribution in [2.45, 2.75) is 33.2 Å². The molecule has 1 aliphatic heterocycles. The molecule has 0 aromatic rings. The summed E-state index contributed by atoms with van der Waals surface area (Å²) in [5, 5.41) is 0. The molecule has 2 N–H and O–H groups in total. The van der Waals surface area contributed by atoms with E-state index in [1.807, 2.05) is 11.8 Å². The van der Waals surface area contributed by atoms with E-state index in [9.17, 15) is 4.79 Å². The van der Waals surface area contributed by atoms with Gasteiger partial charge in [0.15, 0.2) is 0 Å². The van der Waals surface area contributed by atoms with Gasteiger partial charge in [0.2, 0.25) is 5.91 Å². The number of nitrogens with zero attached hydrogens (tertiary/aromatic N) is 2. The molecule has 0 bridgehead atoms. The minimum Gasteiger partial charge on any atom is -0.393 e. The van der Waals surface area contributed by atoms with Gasteiger partial charge in [0.05, 0.1) is 24.2 Å². The molecule has 0 saturated carbocycles. The highest BCUT2D eigenvalue weighted by Gasteiger charge is 2.27. The van der Waals surface area contributed by atoms with Gasteiger partial charge in [0, 0.05) is 32.6 Å². The van der Waals surface area contributed by atoms with E-state index >= 15 is 0 Å². The topological polar surface area (TPSA) is 58.8 Å². The molecule has 1 fully saturated rings. The molecule has 1 aliphatic rings. The van der Waals surface area contributed by atoms with Crippen LogP contribution < -0.4 is 5.73 Å². The van der Waals surface area contributed by atoms with Crippen molar-refractivity contribution in [3.63, 3.8) is 0 Å². The van der Waals surface area contributed by atoms with Gasteiger partial charge in [-0.1, -0.05) is 26.1 Å². The number of thiocarbonyl (C=S) groups is 1. The molecule has 116 valence electrons. The standard InChI is InChI=1S/C14H27N3O2S/c1-11(2)10-17(5-4-13(15)20)12(3)14(18)16-6-8-19-9-7-16/h11-12H,4-10H2,1-3H3,(H2,15,20). The molecule has 0 aromatic heterocycles. The fraction of sp³-hybridized carbons (Fsp3) is 0.857. The number of morpholine rings is 1. The first-order chi connectivity index (χ1) is 9.41. The first-order valence-electron chi connectivity index (χ1n) is 7.30. The molecule has 20 heavy (non-hydrogen) atoms. The molecular formula is C14H27N3O2S. The monoisotopic (exact) mass is 301 g/mol. The van der Waals surface area contributed by atoms with Gasteiger partial charge in [-0.2, -0.15) is 0 Å². The normalized spacial score (nSPS) is 17.6. The van der Waals surface area contributed by atoms with Crippen LogP contribution in [-0.4, -0.2) is 66.1 Å². The predicted molar refractivity (Wildman–Crippen MR) is 84.7 cm³/mol. The van der Waals surface area contributed by atoms with Gasteiger partial charge >= 0.3 is 0 Å². The van der Waals surface area contributed by atoms with E-state index in [-0.39, 0.29) is 11.9 Å². The Labute approximate surface area is 127 Å². The number of hydrogen-bond donors (Lipinski definition) is 1. The summed E-state index contributed by atoms with van der Waals surface area (Å²) in [5.41, 5.74) is 5.58. The zero-order chi connectivity index (χ0) is 15.1. The van der Waals surface area contributed by atoms with Crippen molar-refractivity contribution < 1.29 is 9.53 Å². The Morgan fingerprint density at radius 1 is 1.35 bits per heavy atom. The van der Waals surface area contributed by atoms with Gasteiger partial charge in [-0.05, 0) is 12.8 Å². The summed E-state index contributed by atoms with van der Waals surface area (Å²) in [5.74, 6) is 0.679. The number of ether oxygens (including phenoxy) is 1. The van der Waals surface area contributed by atoms with Crippen molar-refractivity contribution in [1.29, 1.82) is 0 Å². The van der Waals surface area contributed by atoms with Crippen LogP contribution in [0.1, 0.15) is 27.2 Å². The van der Waals surface area contributed by atoms with Crippen molar-refractivity contribution in [1.82, 2.24) is 9.80 Å². The molecule has 1 atom stereocenters. The number of carbonyl (C=O) groups excluding carboxylic acids is 1. The van der Waals surface area contributed by atoms with E-state index < -0.39 is 0 Å². The Hall–Kier alpha value is -0.720. The lowest BCUT2D eigenvalue weighted by molar-refractivity contribution is -0.140. The van der Waals surface area contributed by atoms with E-state index in [1.54, 1.807) is 0 Å². The maximum Gasteiger partial charge on any atom is 0.239 e. The molecule has 0 aliphatic carbocycles. The molecule has 1 unspecified atom stereocenters. The molecule has 0 radical (unpaired) electrons. The molecule has 6 heteroatoms. The summed E-state index contributed by atoms with van der Waals surface area (Å²) in [6.45, 7) is 10.5. The highest BCUT2D eigenvalue weighted by Crippen LogP contribution is 2.10. The second kappa shape index (κ2) is 8.54. The van der Waals surface area contributed by atoms with Crippen LogP contribution in [0.25, 0.3) is 0 Å². The average Bonchev–Trinajstić information content (AvgIpc) is 2.42. The summed E-state index contributed by atoms with van der Waals surface area (Å²) in [6.07, 6.45) is 0.656. The minimum atomic E-state index is -0.134. The lowest BCUT2D eigenvalue weighted by atomic mass is 10.1. The second-order valence-electron chi connectivity index (χ2n) is 5.72. The lowest BCUT2D eigenvalue weighted by Gasteiger charge is -2.35. The van der Waals surface area contributed by atoms with Crippen LogP contribution in [-0.2, 0) is 9.53 Å². The fourth-order valence-corrected chi connectivity index (χ4v) is 2.46. The highest BCUT2D eigenvalue weighted by molar-refractivity contribution is 7.80. The zero-order valence-electron chi connectivity index (χ0n) is 12.8. The second-order valence-corrected chi connectivity index (χ2v) is 6.24. The van der Waals surface area contributed by atoms with Gasteiger partial charge in [-0.15, -0.1) is 0 Å². The SMILES string of the molecule is CC(C)CN(CCC(N)=S)C(C)C(=O)N1CCOCC1. The average molecular weight is 301 g/mol. The van der Waals surface area contributed by atoms with E-state index in [0.717, 1.165) is 13.1 Å². The Morgan fingerprint density at radius 3 is 2.45 bits per heavy atom. The largest absolute Gasteiger partial charge is 0.393 e. The molecule has 1 rings (SSSR count). The van der Waals surface area contributed by atoms with E-state index in [0.29, 0.717) is 43.6 Å². The highest BCUT2D eigenvalue weighted by atomic mass is 32.1. The van der Waals surface area contributed by atoms with Crippen LogP contribution in [0.2, 0.25) is 0 Å². The first kappa shape index (κ1) is 17.3. The summed E-state index contributed by atoms with van der Waals surface area (Å²) < 4.78 is 5.29. The maximum atomic E-state index is 12.5. The van der Waals surface area contributed by atoms with Gasteiger partial charge in [-0.3, -0.25) is 9.69 Å². The summed E-state index contributed by atoms with van der Waals surface area (Å²) in [7, 11) is 0. The molecule has 1 heterocycles. The third-order valence-electron chi connectivity index (χ3n) is 3.47.